The molecular formula is C35H38ClFINO4. The molecule has 5 nitrogen and oxygen atoms in total. The molecule has 1 heterocycles. The van der Waals surface area contributed by atoms with E-state index in [1.807, 2.05) is 56.3 Å². The Morgan fingerprint density at radius 3 is 2.47 bits per heavy atom. The summed E-state index contributed by atoms with van der Waals surface area (Å²) in [6.45, 7) is 6.92. The van der Waals surface area contributed by atoms with E-state index in [1.165, 1.54) is 26.0 Å². The predicted octanol–water partition coefficient (Wildman–Crippen LogP) is 9.05. The van der Waals surface area contributed by atoms with Gasteiger partial charge in [-0.1, -0.05) is 54.1 Å². The largest absolute Gasteiger partial charge is 0.488 e. The number of nitrogens with one attached hydrogen (secondary N) is 1. The van der Waals surface area contributed by atoms with Crippen LogP contribution in [0.2, 0.25) is 5.02 Å². The van der Waals surface area contributed by atoms with Gasteiger partial charge in [0.2, 0.25) is 0 Å². The van der Waals surface area contributed by atoms with E-state index in [0.29, 0.717) is 29.5 Å². The second-order valence-electron chi connectivity index (χ2n) is 10.3. The molecule has 43 heavy (non-hydrogen) atoms. The molecule has 8 heteroatoms. The summed E-state index contributed by atoms with van der Waals surface area (Å²) < 4.78 is 36.0. The maximum Gasteiger partial charge on any atom is 0.310 e. The van der Waals surface area contributed by atoms with Crippen molar-refractivity contribution in [3.05, 3.63) is 105 Å². The van der Waals surface area contributed by atoms with Crippen LogP contribution in [-0.2, 0) is 29.1 Å². The second-order valence-corrected chi connectivity index (χ2v) is 12.7. The Kier molecular flexibility index (Phi) is 11.8. The van der Waals surface area contributed by atoms with Crippen LogP contribution in [0.15, 0.2) is 66.7 Å². The number of halogens is 3. The van der Waals surface area contributed by atoms with Crippen molar-refractivity contribution in [2.75, 3.05) is 16.9 Å². The molecule has 0 saturated carbocycles. The maximum atomic E-state index is 15.3. The molecule has 4 aromatic carbocycles. The minimum absolute atomic E-state index is 0.0678. The number of ether oxygens (including phenoxy) is 2. The number of esters is 1. The fraction of sp³-hybridized carbons (Fsp3) is 0.286. The van der Waals surface area contributed by atoms with Crippen LogP contribution >= 0.6 is 33.2 Å². The SMILES string of the molecule is CCCC[IH]O.COC(=O)Cc1c(C)c2c(c(C)c1-c1ccc(Cl)cc1OCc1ccccc1)-c1c(F)cccc1CN2. The van der Waals surface area contributed by atoms with E-state index < -0.39 is 21.6 Å². The Bertz CT molecular complexity index is 1570. The van der Waals surface area contributed by atoms with Crippen molar-refractivity contribution in [3.63, 3.8) is 0 Å². The van der Waals surface area contributed by atoms with Crippen LogP contribution < -0.4 is 10.1 Å². The number of carbonyl (C=O) groups excluding carboxylic acids is 1. The second kappa shape index (κ2) is 15.5. The van der Waals surface area contributed by atoms with E-state index in [0.717, 1.165) is 54.6 Å². The third-order valence-corrected chi connectivity index (χ3v) is 9.10. The van der Waals surface area contributed by atoms with E-state index in [-0.39, 0.29) is 18.2 Å². The molecule has 0 amide bonds. The van der Waals surface area contributed by atoms with E-state index in [9.17, 15) is 4.79 Å². The zero-order valence-corrected chi connectivity index (χ0v) is 28.0. The summed E-state index contributed by atoms with van der Waals surface area (Å²) in [5, 5.41) is 4.00. The molecule has 1 aliphatic rings. The summed E-state index contributed by atoms with van der Waals surface area (Å²) in [5.74, 6) is -0.0414. The standard InChI is InChI=1S/C31H27ClFNO3.C4H11IO/c1-18-24(15-27(35)36-3)28(19(2)29-30-21(16-34-31(18)29)10-7-11-25(30)33)23-13-12-22(32)14-26(23)37-17-20-8-5-4-6-9-20;1-2-3-4-5-6/h4-14,34H,15-17H2,1-3H3;5-6H,2-4H2,1H3. The molecule has 0 fully saturated rings. The minimum Gasteiger partial charge on any atom is -0.488 e. The van der Waals surface area contributed by atoms with Crippen LogP contribution in [-0.4, -0.2) is 20.9 Å². The van der Waals surface area contributed by atoms with Crippen LogP contribution in [0.1, 0.15) is 47.6 Å². The topological polar surface area (TPSA) is 67.8 Å². The molecule has 4 aromatic rings. The van der Waals surface area contributed by atoms with E-state index in [4.69, 9.17) is 24.5 Å². The van der Waals surface area contributed by atoms with Gasteiger partial charge in [0.25, 0.3) is 0 Å². The molecule has 0 unspecified atom stereocenters. The Morgan fingerprint density at radius 1 is 1.02 bits per heavy atom. The summed E-state index contributed by atoms with van der Waals surface area (Å²) >= 11 is 5.86. The summed E-state index contributed by atoms with van der Waals surface area (Å²) in [4.78, 5) is 12.5. The number of carbonyl (C=O) groups is 1. The van der Waals surface area contributed by atoms with Gasteiger partial charge < -0.3 is 14.8 Å². The molecule has 0 aromatic heterocycles. The van der Waals surface area contributed by atoms with Crippen LogP contribution in [0.5, 0.6) is 5.75 Å². The van der Waals surface area contributed by atoms with Crippen molar-refractivity contribution in [2.24, 2.45) is 0 Å². The molecule has 0 radical (unpaired) electrons. The van der Waals surface area contributed by atoms with Gasteiger partial charge in [0.05, 0.1) is 13.5 Å². The average Bonchev–Trinajstić information content (AvgIpc) is 3.02. The van der Waals surface area contributed by atoms with Gasteiger partial charge in [-0.2, -0.15) is 0 Å². The number of fused-ring (bicyclic) bond motifs is 3. The molecule has 5 rings (SSSR count). The third-order valence-electron chi connectivity index (χ3n) is 7.52. The van der Waals surface area contributed by atoms with Crippen molar-refractivity contribution in [3.8, 4) is 28.0 Å². The monoisotopic (exact) mass is 717 g/mol. The van der Waals surface area contributed by atoms with Crippen LogP contribution in [0.4, 0.5) is 10.1 Å². The Balaban J connectivity index is 0.000000641. The Hall–Kier alpha value is -3.14. The molecule has 0 aliphatic carbocycles. The van der Waals surface area contributed by atoms with Gasteiger partial charge in [0, 0.05) is 33.9 Å². The average molecular weight is 718 g/mol. The number of hydrogen-bond acceptors (Lipinski definition) is 5. The molecule has 2 N–H and O–H groups in total. The number of alkyl halides is 1. The van der Waals surface area contributed by atoms with Crippen molar-refractivity contribution >= 4 is 44.9 Å². The van der Waals surface area contributed by atoms with Gasteiger partial charge in [-0.05, 0) is 71.5 Å². The first-order valence-electron chi connectivity index (χ1n) is 14.3. The number of anilines is 1. The molecule has 0 saturated heterocycles. The Labute approximate surface area is 269 Å². The van der Waals surface area contributed by atoms with Crippen LogP contribution in [0.25, 0.3) is 22.3 Å². The fourth-order valence-corrected chi connectivity index (χ4v) is 6.70. The third kappa shape index (κ3) is 7.69. The van der Waals surface area contributed by atoms with E-state index in [2.05, 4.69) is 12.2 Å². The smallest absolute Gasteiger partial charge is 0.310 e. The van der Waals surface area contributed by atoms with Gasteiger partial charge in [-0.25, -0.2) is 4.39 Å². The zero-order chi connectivity index (χ0) is 30.9. The Morgan fingerprint density at radius 2 is 1.79 bits per heavy atom. The molecule has 228 valence electrons. The quantitative estimate of drug-likeness (QED) is 0.0783. The van der Waals surface area contributed by atoms with Crippen molar-refractivity contribution < 1.29 is 22.1 Å². The van der Waals surface area contributed by atoms with Gasteiger partial charge >= 0.3 is 55.2 Å². The zero-order valence-electron chi connectivity index (χ0n) is 24.9. The number of hydrogen-bond donors (Lipinski definition) is 2. The normalized spacial score (nSPS) is 11.5. The summed E-state index contributed by atoms with van der Waals surface area (Å²) in [7, 11) is 1.38. The summed E-state index contributed by atoms with van der Waals surface area (Å²) in [6.07, 6.45) is 2.52. The van der Waals surface area contributed by atoms with Crippen molar-refractivity contribution in [1.29, 1.82) is 0 Å². The number of unbranched alkanes of at least 4 members (excludes halogenated alkanes) is 1. The number of rotatable bonds is 9. The molecular weight excluding hydrogens is 680 g/mol. The molecule has 0 atom stereocenters. The molecule has 1 aliphatic heterocycles. The van der Waals surface area contributed by atoms with Gasteiger partial charge in [0.15, 0.2) is 0 Å². The van der Waals surface area contributed by atoms with Crippen LogP contribution in [0.3, 0.4) is 0 Å². The van der Waals surface area contributed by atoms with Crippen molar-refractivity contribution in [1.82, 2.24) is 0 Å². The first-order chi connectivity index (χ1) is 20.8. The maximum absolute atomic E-state index is 15.3. The van der Waals surface area contributed by atoms with Gasteiger partial charge in [-0.15, -0.1) is 0 Å². The molecule has 0 spiro atoms. The molecule has 0 bridgehead atoms. The predicted molar refractivity (Wildman–Crippen MR) is 183 cm³/mol. The number of methoxy groups -OCH3 is 1. The van der Waals surface area contributed by atoms with Crippen molar-refractivity contribution in [2.45, 2.75) is 53.2 Å². The van der Waals surface area contributed by atoms with Gasteiger partial charge in [-0.3, -0.25) is 4.79 Å². The summed E-state index contributed by atoms with van der Waals surface area (Å²) in [5.41, 5.74) is 8.25. The fourth-order valence-electron chi connectivity index (χ4n) is 5.35. The van der Waals surface area contributed by atoms with Crippen LogP contribution in [0, 0.1) is 19.7 Å². The number of benzene rings is 4. The first kappa shape index (κ1) is 32.8. The summed E-state index contributed by atoms with van der Waals surface area (Å²) in [6, 6.07) is 20.5. The van der Waals surface area contributed by atoms with Gasteiger partial charge in [0.1, 0.15) is 18.2 Å². The van der Waals surface area contributed by atoms with E-state index in [1.54, 1.807) is 18.2 Å². The van der Waals surface area contributed by atoms with E-state index >= 15 is 4.39 Å². The minimum atomic E-state index is -0.536. The first-order valence-corrected chi connectivity index (χ1v) is 17.3.